The van der Waals surface area contributed by atoms with Gasteiger partial charge in [0.1, 0.15) is 0 Å². The fourth-order valence-electron chi connectivity index (χ4n) is 1.69. The van der Waals surface area contributed by atoms with Gasteiger partial charge in [-0.05, 0) is 32.4 Å². The van der Waals surface area contributed by atoms with Crippen molar-refractivity contribution in [2.75, 3.05) is 32.8 Å². The molecule has 1 atom stereocenters. The summed E-state index contributed by atoms with van der Waals surface area (Å²) < 4.78 is 5.27. The molecular formula is C11H22N2O2. The van der Waals surface area contributed by atoms with Crippen LogP contribution in [0, 0.1) is 5.92 Å². The smallest absolute Gasteiger partial charge is 0.225 e. The summed E-state index contributed by atoms with van der Waals surface area (Å²) in [6.07, 6.45) is 2.97. The first kappa shape index (κ1) is 12.5. The van der Waals surface area contributed by atoms with E-state index in [9.17, 15) is 4.79 Å². The lowest BCUT2D eigenvalue weighted by atomic mass is 10.0. The number of amides is 1. The van der Waals surface area contributed by atoms with Crippen LogP contribution in [0.3, 0.4) is 0 Å². The monoisotopic (exact) mass is 214 g/mol. The SMILES string of the molecule is CCNCCCNC(=O)C1CCCOC1. The minimum absolute atomic E-state index is 0.0814. The summed E-state index contributed by atoms with van der Waals surface area (Å²) in [6.45, 7) is 6.21. The molecule has 1 rings (SSSR count). The van der Waals surface area contributed by atoms with Gasteiger partial charge in [0.05, 0.1) is 12.5 Å². The summed E-state index contributed by atoms with van der Waals surface area (Å²) in [4.78, 5) is 11.6. The van der Waals surface area contributed by atoms with Gasteiger partial charge in [-0.15, -0.1) is 0 Å². The fourth-order valence-corrected chi connectivity index (χ4v) is 1.69. The maximum atomic E-state index is 11.6. The first-order chi connectivity index (χ1) is 7.34. The van der Waals surface area contributed by atoms with E-state index in [2.05, 4.69) is 17.6 Å². The van der Waals surface area contributed by atoms with Crippen LogP contribution in [0.15, 0.2) is 0 Å². The topological polar surface area (TPSA) is 50.4 Å². The maximum Gasteiger partial charge on any atom is 0.225 e. The number of ether oxygens (including phenoxy) is 1. The van der Waals surface area contributed by atoms with Crippen molar-refractivity contribution in [3.63, 3.8) is 0 Å². The molecule has 1 heterocycles. The Morgan fingerprint density at radius 2 is 2.33 bits per heavy atom. The lowest BCUT2D eigenvalue weighted by Crippen LogP contribution is -2.36. The summed E-state index contributed by atoms with van der Waals surface area (Å²) in [5, 5.41) is 6.18. The second-order valence-corrected chi connectivity index (χ2v) is 3.91. The molecule has 1 amide bonds. The Bertz CT molecular complexity index is 179. The molecule has 0 radical (unpaired) electrons. The number of carbonyl (C=O) groups is 1. The molecular weight excluding hydrogens is 192 g/mol. The van der Waals surface area contributed by atoms with E-state index in [-0.39, 0.29) is 11.8 Å². The Labute approximate surface area is 91.8 Å². The summed E-state index contributed by atoms with van der Waals surface area (Å²) in [5.41, 5.74) is 0. The zero-order valence-corrected chi connectivity index (χ0v) is 9.55. The quantitative estimate of drug-likeness (QED) is 0.634. The first-order valence-electron chi connectivity index (χ1n) is 5.90. The highest BCUT2D eigenvalue weighted by Gasteiger charge is 2.20. The van der Waals surface area contributed by atoms with Crippen molar-refractivity contribution in [1.29, 1.82) is 0 Å². The zero-order valence-electron chi connectivity index (χ0n) is 9.55. The molecule has 0 aromatic heterocycles. The van der Waals surface area contributed by atoms with E-state index in [0.29, 0.717) is 6.61 Å². The molecule has 0 aliphatic carbocycles. The van der Waals surface area contributed by atoms with Crippen LogP contribution in [0.5, 0.6) is 0 Å². The predicted molar refractivity (Wildman–Crippen MR) is 59.7 cm³/mol. The molecule has 1 aliphatic heterocycles. The molecule has 2 N–H and O–H groups in total. The Hall–Kier alpha value is -0.610. The molecule has 0 bridgehead atoms. The van der Waals surface area contributed by atoms with Crippen molar-refractivity contribution in [3.8, 4) is 0 Å². The molecule has 88 valence electrons. The first-order valence-corrected chi connectivity index (χ1v) is 5.90. The highest BCUT2D eigenvalue weighted by Crippen LogP contribution is 2.13. The van der Waals surface area contributed by atoms with Gasteiger partial charge >= 0.3 is 0 Å². The average Bonchev–Trinajstić information content (AvgIpc) is 2.30. The molecule has 15 heavy (non-hydrogen) atoms. The third-order valence-electron chi connectivity index (χ3n) is 2.61. The van der Waals surface area contributed by atoms with Crippen LogP contribution in [-0.2, 0) is 9.53 Å². The summed E-state index contributed by atoms with van der Waals surface area (Å²) in [7, 11) is 0. The van der Waals surface area contributed by atoms with Gasteiger partial charge in [-0.3, -0.25) is 4.79 Å². The van der Waals surface area contributed by atoms with Crippen LogP contribution >= 0.6 is 0 Å². The van der Waals surface area contributed by atoms with Crippen molar-refractivity contribution >= 4 is 5.91 Å². The standard InChI is InChI=1S/C11H22N2O2/c1-2-12-6-4-7-13-11(14)10-5-3-8-15-9-10/h10,12H,2-9H2,1H3,(H,13,14). The number of carbonyl (C=O) groups excluding carboxylic acids is 1. The van der Waals surface area contributed by atoms with Crippen LogP contribution in [0.2, 0.25) is 0 Å². The van der Waals surface area contributed by atoms with Crippen molar-refractivity contribution < 1.29 is 9.53 Å². The number of hydrogen-bond donors (Lipinski definition) is 2. The molecule has 1 aliphatic rings. The van der Waals surface area contributed by atoms with E-state index < -0.39 is 0 Å². The molecule has 0 aromatic rings. The third-order valence-corrected chi connectivity index (χ3v) is 2.61. The molecule has 1 unspecified atom stereocenters. The van der Waals surface area contributed by atoms with Crippen LogP contribution in [0.4, 0.5) is 0 Å². The minimum Gasteiger partial charge on any atom is -0.381 e. The Morgan fingerprint density at radius 3 is 3.00 bits per heavy atom. The molecule has 0 aromatic carbocycles. The largest absolute Gasteiger partial charge is 0.381 e. The van der Waals surface area contributed by atoms with Crippen molar-refractivity contribution in [3.05, 3.63) is 0 Å². The average molecular weight is 214 g/mol. The molecule has 1 fully saturated rings. The van der Waals surface area contributed by atoms with Gasteiger partial charge in [0.15, 0.2) is 0 Å². The molecule has 1 saturated heterocycles. The molecule has 0 saturated carbocycles. The lowest BCUT2D eigenvalue weighted by Gasteiger charge is -2.21. The van der Waals surface area contributed by atoms with Gasteiger partial charge in [0, 0.05) is 13.2 Å². The van der Waals surface area contributed by atoms with E-state index in [1.54, 1.807) is 0 Å². The van der Waals surface area contributed by atoms with Crippen molar-refractivity contribution in [1.82, 2.24) is 10.6 Å². The van der Waals surface area contributed by atoms with Gasteiger partial charge in [-0.1, -0.05) is 6.92 Å². The highest BCUT2D eigenvalue weighted by atomic mass is 16.5. The number of nitrogens with one attached hydrogen (secondary N) is 2. The minimum atomic E-state index is 0.0814. The lowest BCUT2D eigenvalue weighted by molar-refractivity contribution is -0.128. The third kappa shape index (κ3) is 5.14. The van der Waals surface area contributed by atoms with Crippen LogP contribution in [0.1, 0.15) is 26.2 Å². The Balaban J connectivity index is 2.02. The van der Waals surface area contributed by atoms with Crippen LogP contribution in [0.25, 0.3) is 0 Å². The van der Waals surface area contributed by atoms with E-state index in [0.717, 1.165) is 45.5 Å². The number of hydrogen-bond acceptors (Lipinski definition) is 3. The van der Waals surface area contributed by atoms with E-state index >= 15 is 0 Å². The Kier molecular flexibility index (Phi) is 6.36. The van der Waals surface area contributed by atoms with Crippen molar-refractivity contribution in [2.24, 2.45) is 5.92 Å². The van der Waals surface area contributed by atoms with E-state index in [4.69, 9.17) is 4.74 Å². The maximum absolute atomic E-state index is 11.6. The summed E-state index contributed by atoms with van der Waals surface area (Å²) in [5.74, 6) is 0.240. The van der Waals surface area contributed by atoms with Crippen LogP contribution < -0.4 is 10.6 Å². The highest BCUT2D eigenvalue weighted by molar-refractivity contribution is 5.78. The zero-order chi connectivity index (χ0) is 10.9. The molecule has 0 spiro atoms. The summed E-state index contributed by atoms with van der Waals surface area (Å²) in [6, 6.07) is 0. The van der Waals surface area contributed by atoms with Gasteiger partial charge in [-0.25, -0.2) is 0 Å². The van der Waals surface area contributed by atoms with Crippen LogP contribution in [-0.4, -0.2) is 38.8 Å². The fraction of sp³-hybridized carbons (Fsp3) is 0.909. The van der Waals surface area contributed by atoms with Gasteiger partial charge in [0.2, 0.25) is 5.91 Å². The number of rotatable bonds is 6. The predicted octanol–water partition coefficient (Wildman–Crippen LogP) is 0.529. The van der Waals surface area contributed by atoms with Crippen molar-refractivity contribution in [2.45, 2.75) is 26.2 Å². The normalized spacial score (nSPS) is 21.3. The van der Waals surface area contributed by atoms with E-state index in [1.165, 1.54) is 0 Å². The van der Waals surface area contributed by atoms with Gasteiger partial charge in [-0.2, -0.15) is 0 Å². The van der Waals surface area contributed by atoms with E-state index in [1.807, 2.05) is 0 Å². The molecule has 4 heteroatoms. The second kappa shape index (κ2) is 7.65. The molecule has 4 nitrogen and oxygen atoms in total. The van der Waals surface area contributed by atoms with Gasteiger partial charge in [0.25, 0.3) is 0 Å². The summed E-state index contributed by atoms with van der Waals surface area (Å²) >= 11 is 0. The second-order valence-electron chi connectivity index (χ2n) is 3.91. The Morgan fingerprint density at radius 1 is 1.47 bits per heavy atom. The van der Waals surface area contributed by atoms with Gasteiger partial charge < -0.3 is 15.4 Å².